The lowest BCUT2D eigenvalue weighted by atomic mass is 10.1. The van der Waals surface area contributed by atoms with Crippen molar-refractivity contribution in [2.24, 2.45) is 0 Å². The maximum absolute atomic E-state index is 5.76. The summed E-state index contributed by atoms with van der Waals surface area (Å²) in [6.45, 7) is 3.44. The highest BCUT2D eigenvalue weighted by Gasteiger charge is 2.13. The van der Waals surface area contributed by atoms with E-state index in [-0.39, 0.29) is 12.6 Å². The second kappa shape index (κ2) is 15.6. The molecule has 2 unspecified atom stereocenters. The van der Waals surface area contributed by atoms with Crippen molar-refractivity contribution in [2.75, 3.05) is 26.4 Å². The molecular formula is C22H40O4. The van der Waals surface area contributed by atoms with Crippen LogP contribution >= 0.6 is 0 Å². The second-order valence-electron chi connectivity index (χ2n) is 7.50. The van der Waals surface area contributed by atoms with E-state index >= 15 is 0 Å². The van der Waals surface area contributed by atoms with Gasteiger partial charge in [-0.2, -0.15) is 0 Å². The Morgan fingerprint density at radius 3 is 1.54 bits per heavy atom. The molecule has 0 aliphatic carbocycles. The van der Waals surface area contributed by atoms with Crippen LogP contribution in [0.15, 0.2) is 12.2 Å². The molecular weight excluding hydrogens is 328 g/mol. The van der Waals surface area contributed by atoms with Crippen LogP contribution in [0.4, 0.5) is 0 Å². The van der Waals surface area contributed by atoms with Crippen molar-refractivity contribution in [2.45, 2.75) is 102 Å². The minimum Gasteiger partial charge on any atom is -0.353 e. The van der Waals surface area contributed by atoms with Crippen molar-refractivity contribution in [3.63, 3.8) is 0 Å². The van der Waals surface area contributed by atoms with Gasteiger partial charge in [-0.15, -0.1) is 0 Å². The molecule has 2 fully saturated rings. The van der Waals surface area contributed by atoms with Gasteiger partial charge in [-0.25, -0.2) is 0 Å². The summed E-state index contributed by atoms with van der Waals surface area (Å²) < 4.78 is 22.6. The molecule has 0 bridgehead atoms. The summed E-state index contributed by atoms with van der Waals surface area (Å²) in [5, 5.41) is 0. The van der Waals surface area contributed by atoms with Gasteiger partial charge in [0, 0.05) is 26.4 Å². The first-order valence-corrected chi connectivity index (χ1v) is 11.1. The van der Waals surface area contributed by atoms with Crippen molar-refractivity contribution in [3.05, 3.63) is 12.2 Å². The molecule has 2 saturated heterocycles. The zero-order chi connectivity index (χ0) is 18.1. The number of ether oxygens (including phenoxy) is 4. The Morgan fingerprint density at radius 1 is 0.615 bits per heavy atom. The quantitative estimate of drug-likeness (QED) is 0.289. The van der Waals surface area contributed by atoms with Gasteiger partial charge in [0.2, 0.25) is 0 Å². The predicted octanol–water partition coefficient (Wildman–Crippen LogP) is 5.75. The zero-order valence-corrected chi connectivity index (χ0v) is 16.7. The molecule has 26 heavy (non-hydrogen) atoms. The largest absolute Gasteiger partial charge is 0.353 e. The van der Waals surface area contributed by atoms with E-state index in [1.165, 1.54) is 64.2 Å². The van der Waals surface area contributed by atoms with Gasteiger partial charge in [0.15, 0.2) is 12.6 Å². The molecule has 2 aliphatic rings. The lowest BCUT2D eigenvalue weighted by molar-refractivity contribution is -0.163. The van der Waals surface area contributed by atoms with Gasteiger partial charge < -0.3 is 18.9 Å². The van der Waals surface area contributed by atoms with Crippen LogP contribution in [0.1, 0.15) is 89.9 Å². The highest BCUT2D eigenvalue weighted by molar-refractivity contribution is 4.81. The highest BCUT2D eigenvalue weighted by Crippen LogP contribution is 2.15. The normalized spacial score (nSPS) is 24.3. The summed E-state index contributed by atoms with van der Waals surface area (Å²) in [6.07, 6.45) is 21.6. The lowest BCUT2D eigenvalue weighted by Crippen LogP contribution is -2.22. The Labute approximate surface area is 160 Å². The van der Waals surface area contributed by atoms with Crippen LogP contribution < -0.4 is 0 Å². The molecule has 0 aromatic heterocycles. The Bertz CT molecular complexity index is 301. The number of hydrogen-bond acceptors (Lipinski definition) is 4. The standard InChI is InChI=1S/C22H40O4/c1(3-5-7-11-17-23-21-15-9-13-19-25-21)2-4-6-8-12-18-24-22-16-10-14-20-26-22/h1-2,21-22H,3-20H2/b2-1-. The first-order chi connectivity index (χ1) is 12.9. The fourth-order valence-corrected chi connectivity index (χ4v) is 3.43. The third kappa shape index (κ3) is 11.3. The number of rotatable bonds is 14. The average molecular weight is 369 g/mol. The van der Waals surface area contributed by atoms with Crippen molar-refractivity contribution in [1.29, 1.82) is 0 Å². The average Bonchev–Trinajstić information content (AvgIpc) is 2.70. The van der Waals surface area contributed by atoms with Crippen LogP contribution in [0, 0.1) is 0 Å². The highest BCUT2D eigenvalue weighted by atomic mass is 16.7. The zero-order valence-electron chi connectivity index (χ0n) is 16.7. The van der Waals surface area contributed by atoms with Crippen LogP contribution in [-0.4, -0.2) is 39.0 Å². The van der Waals surface area contributed by atoms with E-state index in [0.717, 1.165) is 52.1 Å². The van der Waals surface area contributed by atoms with E-state index in [2.05, 4.69) is 12.2 Å². The number of hydrogen-bond donors (Lipinski definition) is 0. The molecule has 2 rings (SSSR count). The summed E-state index contributed by atoms with van der Waals surface area (Å²) in [5.74, 6) is 0. The third-order valence-electron chi connectivity index (χ3n) is 5.08. The van der Waals surface area contributed by atoms with Crippen LogP contribution in [-0.2, 0) is 18.9 Å². The predicted molar refractivity (Wildman–Crippen MR) is 105 cm³/mol. The van der Waals surface area contributed by atoms with Crippen molar-refractivity contribution >= 4 is 0 Å². The number of unbranched alkanes of at least 4 members (excludes halogenated alkanes) is 6. The molecule has 0 aromatic rings. The van der Waals surface area contributed by atoms with Gasteiger partial charge >= 0.3 is 0 Å². The van der Waals surface area contributed by atoms with Gasteiger partial charge in [-0.3, -0.25) is 0 Å². The Morgan fingerprint density at radius 2 is 1.12 bits per heavy atom. The van der Waals surface area contributed by atoms with E-state index in [1.807, 2.05) is 0 Å². The summed E-state index contributed by atoms with van der Waals surface area (Å²) >= 11 is 0. The SMILES string of the molecule is C(=C/CCCCCOC1CCCCO1)/CCCCCOC1CCCCO1. The first kappa shape index (κ1) is 21.9. The molecule has 2 heterocycles. The van der Waals surface area contributed by atoms with E-state index in [0.29, 0.717) is 0 Å². The fourth-order valence-electron chi connectivity index (χ4n) is 3.43. The molecule has 4 nitrogen and oxygen atoms in total. The summed E-state index contributed by atoms with van der Waals surface area (Å²) in [7, 11) is 0. The number of allylic oxidation sites excluding steroid dienone is 2. The molecule has 0 spiro atoms. The maximum atomic E-state index is 5.76. The molecule has 0 aromatic carbocycles. The smallest absolute Gasteiger partial charge is 0.157 e. The summed E-state index contributed by atoms with van der Waals surface area (Å²) in [4.78, 5) is 0. The first-order valence-electron chi connectivity index (χ1n) is 11.1. The van der Waals surface area contributed by atoms with Crippen LogP contribution in [0.2, 0.25) is 0 Å². The maximum Gasteiger partial charge on any atom is 0.157 e. The van der Waals surface area contributed by atoms with E-state index in [9.17, 15) is 0 Å². The minimum absolute atomic E-state index is 0.0734. The third-order valence-corrected chi connectivity index (χ3v) is 5.08. The molecule has 152 valence electrons. The van der Waals surface area contributed by atoms with E-state index in [4.69, 9.17) is 18.9 Å². The van der Waals surface area contributed by atoms with Crippen molar-refractivity contribution in [1.82, 2.24) is 0 Å². The summed E-state index contributed by atoms with van der Waals surface area (Å²) in [5.41, 5.74) is 0. The van der Waals surface area contributed by atoms with Gasteiger partial charge in [0.05, 0.1) is 0 Å². The van der Waals surface area contributed by atoms with Crippen LogP contribution in [0.5, 0.6) is 0 Å². The molecule has 0 N–H and O–H groups in total. The Hall–Kier alpha value is -0.420. The van der Waals surface area contributed by atoms with Crippen LogP contribution in [0.25, 0.3) is 0 Å². The fraction of sp³-hybridized carbons (Fsp3) is 0.909. The van der Waals surface area contributed by atoms with Crippen LogP contribution in [0.3, 0.4) is 0 Å². The van der Waals surface area contributed by atoms with Gasteiger partial charge in [-0.1, -0.05) is 25.0 Å². The van der Waals surface area contributed by atoms with E-state index < -0.39 is 0 Å². The molecule has 4 heteroatoms. The molecule has 0 amide bonds. The molecule has 2 aliphatic heterocycles. The topological polar surface area (TPSA) is 36.9 Å². The van der Waals surface area contributed by atoms with Crippen molar-refractivity contribution in [3.8, 4) is 0 Å². The molecule has 0 radical (unpaired) electrons. The lowest BCUT2D eigenvalue weighted by Gasteiger charge is -2.22. The van der Waals surface area contributed by atoms with Gasteiger partial charge in [0.25, 0.3) is 0 Å². The van der Waals surface area contributed by atoms with E-state index in [1.54, 1.807) is 0 Å². The molecule has 0 saturated carbocycles. The van der Waals surface area contributed by atoms with Gasteiger partial charge in [0.1, 0.15) is 0 Å². The minimum atomic E-state index is 0.0734. The van der Waals surface area contributed by atoms with Crippen molar-refractivity contribution < 1.29 is 18.9 Å². The molecule has 2 atom stereocenters. The Balaban J connectivity index is 1.26. The van der Waals surface area contributed by atoms with Gasteiger partial charge in [-0.05, 0) is 77.0 Å². The second-order valence-corrected chi connectivity index (χ2v) is 7.50. The summed E-state index contributed by atoms with van der Waals surface area (Å²) in [6, 6.07) is 0. The Kier molecular flexibility index (Phi) is 13.1. The monoisotopic (exact) mass is 368 g/mol.